The molecule has 1 rings (SSSR count). The van der Waals surface area contributed by atoms with Crippen molar-refractivity contribution in [1.82, 2.24) is 9.29 Å². The first-order valence-electron chi connectivity index (χ1n) is 3.49. The number of sulfonamides is 1. The van der Waals surface area contributed by atoms with Crippen molar-refractivity contribution < 1.29 is 8.42 Å². The largest absolute Gasteiger partial charge is 0.260 e. The lowest BCUT2D eigenvalue weighted by Gasteiger charge is -2.09. The van der Waals surface area contributed by atoms with Crippen LogP contribution in [0, 0.1) is 0 Å². The summed E-state index contributed by atoms with van der Waals surface area (Å²) in [6.45, 7) is 0. The van der Waals surface area contributed by atoms with Crippen LogP contribution in [0.5, 0.6) is 0 Å². The summed E-state index contributed by atoms with van der Waals surface area (Å²) in [7, 11) is -0.577. The zero-order chi connectivity index (χ0) is 10.1. The number of aromatic nitrogens is 1. The van der Waals surface area contributed by atoms with Crippen molar-refractivity contribution in [2.45, 2.75) is 5.03 Å². The number of pyridine rings is 1. The van der Waals surface area contributed by atoms with Gasteiger partial charge in [-0.25, -0.2) is 17.7 Å². The Morgan fingerprint density at radius 3 is 2.46 bits per heavy atom. The fourth-order valence-corrected chi connectivity index (χ4v) is 1.77. The maximum Gasteiger partial charge on any atom is 0.260 e. The standard InChI is InChI=1S/C7H9ClN2O2S/c1-10(2)13(11,12)7-5-3-4-6(8)9-7/h3-5H,1-2H3. The maximum absolute atomic E-state index is 11.5. The topological polar surface area (TPSA) is 50.3 Å². The van der Waals surface area contributed by atoms with Crippen LogP contribution in [-0.2, 0) is 10.0 Å². The first-order chi connectivity index (χ1) is 5.94. The molecule has 0 aromatic carbocycles. The molecule has 1 heterocycles. The molecule has 0 aliphatic rings. The Morgan fingerprint density at radius 1 is 1.38 bits per heavy atom. The van der Waals surface area contributed by atoms with Crippen LogP contribution in [0.4, 0.5) is 0 Å². The Labute approximate surface area is 82.2 Å². The summed E-state index contributed by atoms with van der Waals surface area (Å²) in [5, 5.41) is 0.132. The number of nitrogens with zero attached hydrogens (tertiary/aromatic N) is 2. The number of hydrogen-bond donors (Lipinski definition) is 0. The molecular formula is C7H9ClN2O2S. The van der Waals surface area contributed by atoms with Crippen molar-refractivity contribution >= 4 is 21.6 Å². The van der Waals surface area contributed by atoms with Gasteiger partial charge in [0.15, 0.2) is 5.03 Å². The van der Waals surface area contributed by atoms with Gasteiger partial charge in [-0.2, -0.15) is 0 Å². The molecule has 0 bridgehead atoms. The average Bonchev–Trinajstić information content (AvgIpc) is 2.04. The zero-order valence-electron chi connectivity index (χ0n) is 7.23. The first kappa shape index (κ1) is 10.4. The van der Waals surface area contributed by atoms with Crippen molar-refractivity contribution in [2.75, 3.05) is 14.1 Å². The van der Waals surface area contributed by atoms with Gasteiger partial charge in [-0.1, -0.05) is 17.7 Å². The lowest BCUT2D eigenvalue weighted by molar-refractivity contribution is 0.517. The van der Waals surface area contributed by atoms with E-state index in [0.29, 0.717) is 0 Å². The molecule has 13 heavy (non-hydrogen) atoms. The Balaban J connectivity index is 3.24. The van der Waals surface area contributed by atoms with Gasteiger partial charge in [0.25, 0.3) is 10.0 Å². The lowest BCUT2D eigenvalue weighted by Crippen LogP contribution is -2.23. The molecule has 0 N–H and O–H groups in total. The smallest absolute Gasteiger partial charge is 0.223 e. The molecule has 0 fully saturated rings. The molecule has 6 heteroatoms. The third kappa shape index (κ3) is 2.18. The van der Waals surface area contributed by atoms with Gasteiger partial charge in [0.2, 0.25) is 0 Å². The number of hydrogen-bond acceptors (Lipinski definition) is 3. The quantitative estimate of drug-likeness (QED) is 0.699. The maximum atomic E-state index is 11.5. The van der Waals surface area contributed by atoms with Gasteiger partial charge in [-0.3, -0.25) is 0 Å². The molecule has 0 aliphatic carbocycles. The van der Waals surface area contributed by atoms with Crippen LogP contribution >= 0.6 is 11.6 Å². The molecule has 0 aliphatic heterocycles. The van der Waals surface area contributed by atoms with E-state index in [1.165, 1.54) is 26.2 Å². The minimum atomic E-state index is -3.46. The molecule has 1 aromatic heterocycles. The second-order valence-electron chi connectivity index (χ2n) is 2.59. The zero-order valence-corrected chi connectivity index (χ0v) is 8.80. The van der Waals surface area contributed by atoms with Crippen LogP contribution in [-0.4, -0.2) is 31.8 Å². The van der Waals surface area contributed by atoms with E-state index in [1.807, 2.05) is 0 Å². The highest BCUT2D eigenvalue weighted by atomic mass is 35.5. The van der Waals surface area contributed by atoms with Gasteiger partial charge >= 0.3 is 0 Å². The molecule has 0 saturated heterocycles. The second kappa shape index (κ2) is 3.61. The summed E-state index contributed by atoms with van der Waals surface area (Å²) in [4.78, 5) is 3.70. The van der Waals surface area contributed by atoms with Crippen LogP contribution in [0.1, 0.15) is 0 Å². The predicted molar refractivity (Wildman–Crippen MR) is 50.1 cm³/mol. The van der Waals surface area contributed by atoms with Gasteiger partial charge in [-0.05, 0) is 12.1 Å². The van der Waals surface area contributed by atoms with E-state index in [1.54, 1.807) is 6.07 Å². The van der Waals surface area contributed by atoms with Crippen LogP contribution < -0.4 is 0 Å². The normalized spacial score (nSPS) is 12.0. The van der Waals surface area contributed by atoms with Crippen molar-refractivity contribution in [3.8, 4) is 0 Å². The summed E-state index contributed by atoms with van der Waals surface area (Å²) in [5.74, 6) is 0. The third-order valence-electron chi connectivity index (χ3n) is 1.43. The van der Waals surface area contributed by atoms with Crippen LogP contribution in [0.2, 0.25) is 5.15 Å². The first-order valence-corrected chi connectivity index (χ1v) is 5.31. The van der Waals surface area contributed by atoms with E-state index >= 15 is 0 Å². The minimum Gasteiger partial charge on any atom is -0.223 e. The Morgan fingerprint density at radius 2 is 2.00 bits per heavy atom. The Bertz CT molecular complexity index is 403. The molecule has 0 atom stereocenters. The molecule has 0 radical (unpaired) electrons. The van der Waals surface area contributed by atoms with Gasteiger partial charge in [0.05, 0.1) is 0 Å². The molecule has 72 valence electrons. The third-order valence-corrected chi connectivity index (χ3v) is 3.36. The van der Waals surface area contributed by atoms with E-state index in [9.17, 15) is 8.42 Å². The van der Waals surface area contributed by atoms with Gasteiger partial charge < -0.3 is 0 Å². The Hall–Kier alpha value is -0.650. The Kier molecular flexibility index (Phi) is 2.90. The van der Waals surface area contributed by atoms with Gasteiger partial charge in [-0.15, -0.1) is 0 Å². The molecule has 4 nitrogen and oxygen atoms in total. The average molecular weight is 221 g/mol. The molecule has 0 unspecified atom stereocenters. The van der Waals surface area contributed by atoms with E-state index in [2.05, 4.69) is 4.98 Å². The minimum absolute atomic E-state index is 0.0370. The van der Waals surface area contributed by atoms with Crippen LogP contribution in [0.25, 0.3) is 0 Å². The van der Waals surface area contributed by atoms with Crippen molar-refractivity contribution in [1.29, 1.82) is 0 Å². The van der Waals surface area contributed by atoms with Gasteiger partial charge in [0.1, 0.15) is 5.15 Å². The molecule has 1 aromatic rings. The highest BCUT2D eigenvalue weighted by Crippen LogP contribution is 2.12. The molecule has 0 spiro atoms. The lowest BCUT2D eigenvalue weighted by atomic mass is 10.5. The summed E-state index contributed by atoms with van der Waals surface area (Å²) < 4.78 is 24.1. The monoisotopic (exact) mass is 220 g/mol. The van der Waals surface area contributed by atoms with E-state index in [-0.39, 0.29) is 10.2 Å². The summed E-state index contributed by atoms with van der Waals surface area (Å²) in [5.41, 5.74) is 0. The van der Waals surface area contributed by atoms with Crippen LogP contribution in [0.3, 0.4) is 0 Å². The fourth-order valence-electron chi connectivity index (χ4n) is 0.720. The highest BCUT2D eigenvalue weighted by molar-refractivity contribution is 7.89. The van der Waals surface area contributed by atoms with Crippen molar-refractivity contribution in [3.63, 3.8) is 0 Å². The number of halogens is 1. The van der Waals surface area contributed by atoms with Crippen LogP contribution in [0.15, 0.2) is 23.2 Å². The second-order valence-corrected chi connectivity index (χ2v) is 5.07. The fraction of sp³-hybridized carbons (Fsp3) is 0.286. The summed E-state index contributed by atoms with van der Waals surface area (Å²) in [6, 6.07) is 4.48. The summed E-state index contributed by atoms with van der Waals surface area (Å²) >= 11 is 5.56. The number of rotatable bonds is 2. The van der Waals surface area contributed by atoms with E-state index in [4.69, 9.17) is 11.6 Å². The van der Waals surface area contributed by atoms with Crippen molar-refractivity contribution in [3.05, 3.63) is 23.4 Å². The van der Waals surface area contributed by atoms with Crippen molar-refractivity contribution in [2.24, 2.45) is 0 Å². The SMILES string of the molecule is CN(C)S(=O)(=O)c1cccc(Cl)n1. The molecule has 0 amide bonds. The highest BCUT2D eigenvalue weighted by Gasteiger charge is 2.18. The molecular weight excluding hydrogens is 212 g/mol. The predicted octanol–water partition coefficient (Wildman–Crippen LogP) is 0.985. The summed E-state index contributed by atoms with van der Waals surface area (Å²) in [6.07, 6.45) is 0. The van der Waals surface area contributed by atoms with E-state index < -0.39 is 10.0 Å². The molecule has 0 saturated carbocycles. The van der Waals surface area contributed by atoms with E-state index in [0.717, 1.165) is 4.31 Å². The van der Waals surface area contributed by atoms with Gasteiger partial charge in [0, 0.05) is 14.1 Å².